The molecule has 0 heterocycles. The first-order valence-electron chi connectivity index (χ1n) is 7.47. The summed E-state index contributed by atoms with van der Waals surface area (Å²) < 4.78 is 0. The SMILES string of the molecule is C[CH]CCCCCCCCCCCC[CH]C. The van der Waals surface area contributed by atoms with Crippen molar-refractivity contribution in [2.75, 3.05) is 0 Å². The second-order valence-electron chi connectivity index (χ2n) is 4.93. The van der Waals surface area contributed by atoms with Crippen LogP contribution < -0.4 is 0 Å². The number of hydrogen-bond acceptors (Lipinski definition) is 0. The van der Waals surface area contributed by atoms with Crippen molar-refractivity contribution in [3.63, 3.8) is 0 Å². The minimum atomic E-state index is 1.31. The molecule has 0 fully saturated rings. The highest BCUT2D eigenvalue weighted by Gasteiger charge is 1.92. The highest BCUT2D eigenvalue weighted by Crippen LogP contribution is 2.12. The normalized spacial score (nSPS) is 10.9. The van der Waals surface area contributed by atoms with Crippen molar-refractivity contribution < 1.29 is 0 Å². The minimum Gasteiger partial charge on any atom is -0.0623 e. The topological polar surface area (TPSA) is 0 Å². The average Bonchev–Trinajstić information content (AvgIpc) is 2.31. The third kappa shape index (κ3) is 14.0. The molecule has 0 aromatic carbocycles. The van der Waals surface area contributed by atoms with Crippen LogP contribution in [0.1, 0.15) is 90.9 Å². The third-order valence-electron chi connectivity index (χ3n) is 3.24. The van der Waals surface area contributed by atoms with Crippen LogP contribution in [-0.4, -0.2) is 0 Å². The lowest BCUT2D eigenvalue weighted by Gasteiger charge is -2.02. The zero-order chi connectivity index (χ0) is 11.9. The fourth-order valence-corrected chi connectivity index (χ4v) is 2.11. The van der Waals surface area contributed by atoms with Crippen molar-refractivity contribution in [2.45, 2.75) is 90.9 Å². The van der Waals surface area contributed by atoms with Crippen LogP contribution in [0.3, 0.4) is 0 Å². The van der Waals surface area contributed by atoms with Crippen molar-refractivity contribution in [3.8, 4) is 0 Å². The van der Waals surface area contributed by atoms with Crippen molar-refractivity contribution in [3.05, 3.63) is 12.8 Å². The Labute approximate surface area is 104 Å². The zero-order valence-electron chi connectivity index (χ0n) is 11.6. The van der Waals surface area contributed by atoms with Crippen LogP contribution in [0.5, 0.6) is 0 Å². The molecule has 0 aromatic rings. The molecule has 0 N–H and O–H groups in total. The molecule has 0 aromatic heterocycles. The minimum absolute atomic E-state index is 1.31. The Morgan fingerprint density at radius 3 is 0.938 bits per heavy atom. The van der Waals surface area contributed by atoms with Crippen molar-refractivity contribution >= 4 is 0 Å². The van der Waals surface area contributed by atoms with Gasteiger partial charge in [0, 0.05) is 0 Å². The van der Waals surface area contributed by atoms with Gasteiger partial charge < -0.3 is 0 Å². The summed E-state index contributed by atoms with van der Waals surface area (Å²) >= 11 is 0. The van der Waals surface area contributed by atoms with Crippen LogP contribution in [0.2, 0.25) is 0 Å². The molecular weight excluding hydrogens is 192 g/mol. The quantitative estimate of drug-likeness (QED) is 0.331. The number of hydrogen-bond donors (Lipinski definition) is 0. The fourth-order valence-electron chi connectivity index (χ4n) is 2.11. The summed E-state index contributed by atoms with van der Waals surface area (Å²) in [6.07, 6.45) is 21.7. The molecule has 96 valence electrons. The summed E-state index contributed by atoms with van der Waals surface area (Å²) in [7, 11) is 0. The smallest absolute Gasteiger partial charge is 0.0417 e. The zero-order valence-corrected chi connectivity index (χ0v) is 11.6. The van der Waals surface area contributed by atoms with Gasteiger partial charge in [0.1, 0.15) is 0 Å². The molecule has 0 aliphatic carbocycles. The van der Waals surface area contributed by atoms with Gasteiger partial charge in [-0.3, -0.25) is 0 Å². The summed E-state index contributed by atoms with van der Waals surface area (Å²) in [6.45, 7) is 4.33. The second-order valence-corrected chi connectivity index (χ2v) is 4.93. The molecule has 0 atom stereocenters. The molecule has 0 unspecified atom stereocenters. The monoisotopic (exact) mass is 224 g/mol. The van der Waals surface area contributed by atoms with E-state index in [0.717, 1.165) is 0 Å². The van der Waals surface area contributed by atoms with E-state index in [1.165, 1.54) is 77.0 Å². The lowest BCUT2D eigenvalue weighted by atomic mass is 10.0. The summed E-state index contributed by atoms with van der Waals surface area (Å²) in [5.41, 5.74) is 0. The average molecular weight is 224 g/mol. The van der Waals surface area contributed by atoms with Gasteiger partial charge in [0.05, 0.1) is 0 Å². The van der Waals surface area contributed by atoms with Crippen LogP contribution in [0, 0.1) is 12.8 Å². The van der Waals surface area contributed by atoms with E-state index in [0.29, 0.717) is 0 Å². The summed E-state index contributed by atoms with van der Waals surface area (Å²) in [5, 5.41) is 0. The van der Waals surface area contributed by atoms with Crippen LogP contribution in [0.15, 0.2) is 0 Å². The van der Waals surface area contributed by atoms with Gasteiger partial charge in [-0.25, -0.2) is 0 Å². The molecule has 0 saturated carbocycles. The summed E-state index contributed by atoms with van der Waals surface area (Å²) in [6, 6.07) is 0. The predicted molar refractivity (Wildman–Crippen MR) is 75.4 cm³/mol. The van der Waals surface area contributed by atoms with E-state index in [1.54, 1.807) is 0 Å². The van der Waals surface area contributed by atoms with E-state index in [-0.39, 0.29) is 0 Å². The Morgan fingerprint density at radius 2 is 0.688 bits per heavy atom. The Balaban J connectivity index is 2.83. The molecule has 0 nitrogen and oxygen atoms in total. The maximum absolute atomic E-state index is 2.29. The molecule has 0 heteroatoms. The molecular formula is C16H32. The van der Waals surface area contributed by atoms with Gasteiger partial charge in [-0.05, 0) is 12.8 Å². The first-order chi connectivity index (χ1) is 7.91. The summed E-state index contributed by atoms with van der Waals surface area (Å²) in [5.74, 6) is 0. The number of unbranched alkanes of at least 4 members (excludes halogenated alkanes) is 13. The van der Waals surface area contributed by atoms with Crippen molar-refractivity contribution in [1.82, 2.24) is 0 Å². The van der Waals surface area contributed by atoms with Crippen molar-refractivity contribution in [1.29, 1.82) is 0 Å². The lowest BCUT2D eigenvalue weighted by molar-refractivity contribution is 0.550. The first-order valence-corrected chi connectivity index (χ1v) is 7.47. The van der Waals surface area contributed by atoms with Crippen LogP contribution in [0.25, 0.3) is 0 Å². The predicted octanol–water partition coefficient (Wildman–Crippen LogP) is 6.12. The molecule has 2 radical (unpaired) electrons. The van der Waals surface area contributed by atoms with E-state index in [9.17, 15) is 0 Å². The van der Waals surface area contributed by atoms with Crippen molar-refractivity contribution in [2.24, 2.45) is 0 Å². The van der Waals surface area contributed by atoms with E-state index < -0.39 is 0 Å². The Hall–Kier alpha value is 0. The maximum atomic E-state index is 2.29. The largest absolute Gasteiger partial charge is 0.0623 e. The van der Waals surface area contributed by atoms with E-state index in [2.05, 4.69) is 26.7 Å². The highest BCUT2D eigenvalue weighted by atomic mass is 14.0. The van der Waals surface area contributed by atoms with Gasteiger partial charge in [-0.15, -0.1) is 0 Å². The van der Waals surface area contributed by atoms with Crippen LogP contribution in [0.4, 0.5) is 0 Å². The van der Waals surface area contributed by atoms with Gasteiger partial charge in [0.25, 0.3) is 0 Å². The first kappa shape index (κ1) is 16.0. The lowest BCUT2D eigenvalue weighted by Crippen LogP contribution is -1.82. The van der Waals surface area contributed by atoms with E-state index in [1.807, 2.05) is 0 Å². The summed E-state index contributed by atoms with van der Waals surface area (Å²) in [4.78, 5) is 0. The Kier molecular flexibility index (Phi) is 15.0. The fraction of sp³-hybridized carbons (Fsp3) is 0.875. The van der Waals surface area contributed by atoms with Gasteiger partial charge in [-0.1, -0.05) is 90.9 Å². The number of rotatable bonds is 13. The highest BCUT2D eigenvalue weighted by molar-refractivity contribution is 4.57. The van der Waals surface area contributed by atoms with E-state index in [4.69, 9.17) is 0 Å². The molecule has 0 bridgehead atoms. The standard InChI is InChI=1S/C16H32/c1-3-5-7-9-11-13-15-16-14-12-10-8-6-4-2/h3-4H,5-16H2,1-2H3. The molecule has 0 spiro atoms. The molecule has 0 rings (SSSR count). The maximum Gasteiger partial charge on any atom is -0.0417 e. The molecule has 0 amide bonds. The van der Waals surface area contributed by atoms with Gasteiger partial charge >= 0.3 is 0 Å². The molecule has 0 saturated heterocycles. The van der Waals surface area contributed by atoms with Gasteiger partial charge in [0.15, 0.2) is 0 Å². The molecule has 16 heavy (non-hydrogen) atoms. The van der Waals surface area contributed by atoms with Crippen LogP contribution >= 0.6 is 0 Å². The van der Waals surface area contributed by atoms with Gasteiger partial charge in [-0.2, -0.15) is 0 Å². The molecule has 0 aliphatic rings. The van der Waals surface area contributed by atoms with E-state index >= 15 is 0 Å². The van der Waals surface area contributed by atoms with Gasteiger partial charge in [0.2, 0.25) is 0 Å². The molecule has 0 aliphatic heterocycles. The van der Waals surface area contributed by atoms with Crippen LogP contribution in [-0.2, 0) is 0 Å². The Morgan fingerprint density at radius 1 is 0.438 bits per heavy atom. The Bertz CT molecular complexity index is 92.6. The third-order valence-corrected chi connectivity index (χ3v) is 3.24. The second kappa shape index (κ2) is 15.0.